The van der Waals surface area contributed by atoms with Gasteiger partial charge in [-0.3, -0.25) is 9.59 Å². The molecule has 1 aromatic heterocycles. The standard InChI is InChI=1S/C20H26N4O2/c1-14(2)19(25)22-9-11-23(12-10-22)20(26)17-5-7-18(8-6-17)24-16(4)13-15(3)21-24/h5-8,13-14H,9-12H2,1-4H3. The molecule has 0 aliphatic carbocycles. The van der Waals surface area contributed by atoms with Crippen molar-refractivity contribution >= 4 is 11.8 Å². The molecular formula is C20H26N4O2. The highest BCUT2D eigenvalue weighted by atomic mass is 16.2. The Morgan fingerprint density at radius 3 is 2.04 bits per heavy atom. The van der Waals surface area contributed by atoms with E-state index in [2.05, 4.69) is 5.10 Å². The summed E-state index contributed by atoms with van der Waals surface area (Å²) in [6, 6.07) is 9.56. The topological polar surface area (TPSA) is 58.4 Å². The van der Waals surface area contributed by atoms with E-state index in [1.54, 1.807) is 0 Å². The number of carbonyl (C=O) groups is 2. The van der Waals surface area contributed by atoms with Crippen LogP contribution in [0.25, 0.3) is 5.69 Å². The Morgan fingerprint density at radius 2 is 1.54 bits per heavy atom. The summed E-state index contributed by atoms with van der Waals surface area (Å²) in [4.78, 5) is 28.5. The van der Waals surface area contributed by atoms with Crippen LogP contribution in [0.3, 0.4) is 0 Å². The molecule has 0 N–H and O–H groups in total. The van der Waals surface area contributed by atoms with Crippen LogP contribution in [0.15, 0.2) is 30.3 Å². The largest absolute Gasteiger partial charge is 0.339 e. The minimum Gasteiger partial charge on any atom is -0.339 e. The van der Waals surface area contributed by atoms with Crippen molar-refractivity contribution < 1.29 is 9.59 Å². The maximum Gasteiger partial charge on any atom is 0.253 e. The quantitative estimate of drug-likeness (QED) is 0.851. The maximum atomic E-state index is 12.7. The Kier molecular flexibility index (Phi) is 5.11. The predicted octanol–water partition coefficient (Wildman–Crippen LogP) is 2.43. The number of benzene rings is 1. The van der Waals surface area contributed by atoms with Gasteiger partial charge in [-0.05, 0) is 44.2 Å². The fraction of sp³-hybridized carbons (Fsp3) is 0.450. The Bertz CT molecular complexity index is 800. The zero-order valence-corrected chi connectivity index (χ0v) is 15.9. The maximum absolute atomic E-state index is 12.7. The Hall–Kier alpha value is -2.63. The van der Waals surface area contributed by atoms with E-state index in [1.165, 1.54) is 0 Å². The van der Waals surface area contributed by atoms with Crippen LogP contribution in [0, 0.1) is 19.8 Å². The zero-order chi connectivity index (χ0) is 18.8. The lowest BCUT2D eigenvalue weighted by molar-refractivity contribution is -0.135. The number of nitrogens with zero attached hydrogens (tertiary/aromatic N) is 4. The van der Waals surface area contributed by atoms with Crippen LogP contribution in [-0.2, 0) is 4.79 Å². The van der Waals surface area contributed by atoms with E-state index in [1.807, 2.05) is 72.5 Å². The summed E-state index contributed by atoms with van der Waals surface area (Å²) < 4.78 is 1.87. The summed E-state index contributed by atoms with van der Waals surface area (Å²) in [5.41, 5.74) is 3.64. The van der Waals surface area contributed by atoms with E-state index in [0.717, 1.165) is 17.1 Å². The summed E-state index contributed by atoms with van der Waals surface area (Å²) in [6.07, 6.45) is 0. The monoisotopic (exact) mass is 354 g/mol. The smallest absolute Gasteiger partial charge is 0.253 e. The van der Waals surface area contributed by atoms with Crippen molar-refractivity contribution in [2.24, 2.45) is 5.92 Å². The molecule has 3 rings (SSSR count). The van der Waals surface area contributed by atoms with Crippen molar-refractivity contribution in [3.63, 3.8) is 0 Å². The molecule has 1 saturated heterocycles. The highest BCUT2D eigenvalue weighted by Crippen LogP contribution is 2.15. The number of hydrogen-bond acceptors (Lipinski definition) is 3. The van der Waals surface area contributed by atoms with Gasteiger partial charge in [0.2, 0.25) is 5.91 Å². The van der Waals surface area contributed by atoms with E-state index >= 15 is 0 Å². The van der Waals surface area contributed by atoms with E-state index in [4.69, 9.17) is 0 Å². The highest BCUT2D eigenvalue weighted by Gasteiger charge is 2.25. The van der Waals surface area contributed by atoms with Gasteiger partial charge in [-0.15, -0.1) is 0 Å². The first-order chi connectivity index (χ1) is 12.4. The molecular weight excluding hydrogens is 328 g/mol. The van der Waals surface area contributed by atoms with Crippen molar-refractivity contribution in [1.29, 1.82) is 0 Å². The zero-order valence-electron chi connectivity index (χ0n) is 15.9. The molecule has 0 saturated carbocycles. The van der Waals surface area contributed by atoms with E-state index in [9.17, 15) is 9.59 Å². The second kappa shape index (κ2) is 7.32. The average Bonchev–Trinajstić information content (AvgIpc) is 2.99. The third-order valence-corrected chi connectivity index (χ3v) is 4.74. The molecule has 138 valence electrons. The number of rotatable bonds is 3. The van der Waals surface area contributed by atoms with Crippen molar-refractivity contribution in [1.82, 2.24) is 19.6 Å². The van der Waals surface area contributed by atoms with Gasteiger partial charge in [0, 0.05) is 43.4 Å². The van der Waals surface area contributed by atoms with Gasteiger partial charge in [-0.25, -0.2) is 4.68 Å². The average molecular weight is 354 g/mol. The molecule has 2 aromatic rings. The molecule has 6 nitrogen and oxygen atoms in total. The van der Waals surface area contributed by atoms with Crippen LogP contribution in [0.4, 0.5) is 0 Å². The summed E-state index contributed by atoms with van der Waals surface area (Å²) in [5, 5.41) is 4.47. The van der Waals surface area contributed by atoms with Crippen molar-refractivity contribution in [3.05, 3.63) is 47.3 Å². The second-order valence-electron chi connectivity index (χ2n) is 7.16. The number of aryl methyl sites for hydroxylation is 2. The number of carbonyl (C=O) groups excluding carboxylic acids is 2. The van der Waals surface area contributed by atoms with Crippen molar-refractivity contribution in [2.45, 2.75) is 27.7 Å². The molecule has 0 atom stereocenters. The lowest BCUT2D eigenvalue weighted by Crippen LogP contribution is -2.51. The fourth-order valence-corrected chi connectivity index (χ4v) is 3.31. The van der Waals surface area contributed by atoms with Gasteiger partial charge in [0.1, 0.15) is 0 Å². The molecule has 1 aliphatic heterocycles. The third kappa shape index (κ3) is 3.64. The molecule has 1 fully saturated rings. The molecule has 2 amide bonds. The van der Waals surface area contributed by atoms with Crippen molar-refractivity contribution in [2.75, 3.05) is 26.2 Å². The van der Waals surface area contributed by atoms with Crippen LogP contribution >= 0.6 is 0 Å². The highest BCUT2D eigenvalue weighted by molar-refractivity contribution is 5.94. The lowest BCUT2D eigenvalue weighted by atomic mass is 10.1. The first kappa shape index (κ1) is 18.2. The van der Waals surface area contributed by atoms with Gasteiger partial charge in [0.25, 0.3) is 5.91 Å². The number of piperazine rings is 1. The Labute approximate surface area is 154 Å². The van der Waals surface area contributed by atoms with Crippen LogP contribution in [-0.4, -0.2) is 57.6 Å². The van der Waals surface area contributed by atoms with Crippen LogP contribution in [0.1, 0.15) is 35.6 Å². The van der Waals surface area contributed by atoms with Crippen LogP contribution in [0.2, 0.25) is 0 Å². The van der Waals surface area contributed by atoms with Crippen LogP contribution in [0.5, 0.6) is 0 Å². The minimum absolute atomic E-state index is 0.000754. The molecule has 0 bridgehead atoms. The van der Waals surface area contributed by atoms with Gasteiger partial charge < -0.3 is 9.80 Å². The third-order valence-electron chi connectivity index (χ3n) is 4.74. The number of hydrogen-bond donors (Lipinski definition) is 0. The normalized spacial score (nSPS) is 14.8. The fourth-order valence-electron chi connectivity index (χ4n) is 3.31. The summed E-state index contributed by atoms with van der Waals surface area (Å²) in [6.45, 7) is 10.2. The molecule has 26 heavy (non-hydrogen) atoms. The number of aromatic nitrogens is 2. The molecule has 2 heterocycles. The van der Waals surface area contributed by atoms with Gasteiger partial charge in [0.15, 0.2) is 0 Å². The summed E-state index contributed by atoms with van der Waals surface area (Å²) in [7, 11) is 0. The molecule has 0 unspecified atom stereocenters. The van der Waals surface area contributed by atoms with Gasteiger partial charge in [-0.2, -0.15) is 5.10 Å². The first-order valence-corrected chi connectivity index (χ1v) is 9.08. The SMILES string of the molecule is Cc1cc(C)n(-c2ccc(C(=O)N3CCN(C(=O)C(C)C)CC3)cc2)n1. The molecule has 0 radical (unpaired) electrons. The molecule has 0 spiro atoms. The van der Waals surface area contributed by atoms with E-state index in [-0.39, 0.29) is 17.7 Å². The second-order valence-corrected chi connectivity index (χ2v) is 7.16. The van der Waals surface area contributed by atoms with Gasteiger partial charge >= 0.3 is 0 Å². The molecule has 6 heteroatoms. The van der Waals surface area contributed by atoms with Crippen molar-refractivity contribution in [3.8, 4) is 5.69 Å². The van der Waals surface area contributed by atoms with Gasteiger partial charge in [-0.1, -0.05) is 13.8 Å². The summed E-state index contributed by atoms with van der Waals surface area (Å²) >= 11 is 0. The van der Waals surface area contributed by atoms with E-state index < -0.39 is 0 Å². The molecule has 1 aromatic carbocycles. The Morgan fingerprint density at radius 1 is 0.962 bits per heavy atom. The number of amides is 2. The van der Waals surface area contributed by atoms with Gasteiger partial charge in [0.05, 0.1) is 11.4 Å². The van der Waals surface area contributed by atoms with E-state index in [0.29, 0.717) is 31.7 Å². The van der Waals surface area contributed by atoms with Crippen LogP contribution < -0.4 is 0 Å². The molecule has 1 aliphatic rings. The summed E-state index contributed by atoms with van der Waals surface area (Å²) in [5.74, 6) is 0.173. The Balaban J connectivity index is 1.66. The predicted molar refractivity (Wildman–Crippen MR) is 100 cm³/mol. The first-order valence-electron chi connectivity index (χ1n) is 9.08. The lowest BCUT2D eigenvalue weighted by Gasteiger charge is -2.35. The minimum atomic E-state index is -0.000754.